The van der Waals surface area contributed by atoms with Crippen LogP contribution in [0.4, 0.5) is 0 Å². The highest BCUT2D eigenvalue weighted by molar-refractivity contribution is 7.97. The molecule has 0 saturated carbocycles. The molecule has 0 spiro atoms. The van der Waals surface area contributed by atoms with E-state index < -0.39 is 0 Å². The largest absolute Gasteiger partial charge is 0.455 e. The molecule has 5 heteroatoms. The van der Waals surface area contributed by atoms with Crippen molar-refractivity contribution in [2.45, 2.75) is 18.2 Å². The fraction of sp³-hybridized carbons (Fsp3) is 0.312. The molecule has 0 aliphatic rings. The van der Waals surface area contributed by atoms with Gasteiger partial charge in [-0.1, -0.05) is 30.3 Å². The first-order chi connectivity index (χ1) is 10.2. The van der Waals surface area contributed by atoms with Crippen molar-refractivity contribution in [2.75, 3.05) is 12.9 Å². The summed E-state index contributed by atoms with van der Waals surface area (Å²) in [6.07, 6.45) is 2.56. The Bertz CT molecular complexity index is 568. The summed E-state index contributed by atoms with van der Waals surface area (Å²) in [4.78, 5) is 12.1. The first-order valence-electron chi connectivity index (χ1n) is 6.76. The number of nitrogens with one attached hydrogen (secondary N) is 1. The minimum Gasteiger partial charge on any atom is -0.455 e. The Morgan fingerprint density at radius 2 is 2.05 bits per heavy atom. The summed E-state index contributed by atoms with van der Waals surface area (Å²) in [5.41, 5.74) is 1.07. The molecule has 112 valence electrons. The monoisotopic (exact) mass is 305 g/mol. The fourth-order valence-corrected chi connectivity index (χ4v) is 2.48. The predicted octanol–water partition coefficient (Wildman–Crippen LogP) is 2.48. The van der Waals surface area contributed by atoms with Crippen molar-refractivity contribution in [3.05, 3.63) is 59.5 Å². The maximum Gasteiger partial charge on any atom is 0.287 e. The van der Waals surface area contributed by atoms with Gasteiger partial charge in [-0.3, -0.25) is 4.79 Å². The van der Waals surface area contributed by atoms with E-state index in [9.17, 15) is 9.90 Å². The van der Waals surface area contributed by atoms with Gasteiger partial charge in [0, 0.05) is 0 Å². The van der Waals surface area contributed by atoms with E-state index in [4.69, 9.17) is 4.42 Å². The zero-order chi connectivity index (χ0) is 15.1. The molecule has 0 bridgehead atoms. The number of aliphatic hydroxyl groups excluding tert-OH is 1. The van der Waals surface area contributed by atoms with Gasteiger partial charge in [0.1, 0.15) is 5.76 Å². The Morgan fingerprint density at radius 1 is 1.29 bits per heavy atom. The molecular weight excluding hydrogens is 286 g/mol. The maximum absolute atomic E-state index is 12.1. The number of carbonyl (C=O) groups excluding carboxylic acids is 1. The van der Waals surface area contributed by atoms with Gasteiger partial charge in [0.2, 0.25) is 0 Å². The smallest absolute Gasteiger partial charge is 0.287 e. The Kier molecular flexibility index (Phi) is 5.90. The van der Waals surface area contributed by atoms with Gasteiger partial charge in [-0.2, -0.15) is 11.8 Å². The van der Waals surface area contributed by atoms with Gasteiger partial charge in [0.25, 0.3) is 5.91 Å². The molecule has 1 atom stereocenters. The van der Waals surface area contributed by atoms with E-state index >= 15 is 0 Å². The number of aliphatic hydroxyl groups is 1. The quantitative estimate of drug-likeness (QED) is 0.825. The lowest BCUT2D eigenvalue weighted by molar-refractivity contribution is 0.0887. The van der Waals surface area contributed by atoms with Crippen molar-refractivity contribution < 1.29 is 14.3 Å². The van der Waals surface area contributed by atoms with Crippen molar-refractivity contribution in [3.8, 4) is 0 Å². The van der Waals surface area contributed by atoms with E-state index in [1.807, 2.05) is 36.6 Å². The van der Waals surface area contributed by atoms with Gasteiger partial charge >= 0.3 is 0 Å². The third kappa shape index (κ3) is 4.65. The number of benzene rings is 1. The highest BCUT2D eigenvalue weighted by atomic mass is 32.2. The highest BCUT2D eigenvalue weighted by Crippen LogP contribution is 2.13. The number of hydrogen-bond donors (Lipinski definition) is 2. The lowest BCUT2D eigenvalue weighted by Crippen LogP contribution is -2.38. The summed E-state index contributed by atoms with van der Waals surface area (Å²) in [5.74, 6) is 1.50. The third-order valence-electron chi connectivity index (χ3n) is 3.05. The summed E-state index contributed by atoms with van der Waals surface area (Å²) in [6.45, 7) is -0.112. The van der Waals surface area contributed by atoms with Crippen LogP contribution in [0, 0.1) is 0 Å². The van der Waals surface area contributed by atoms with E-state index in [-0.39, 0.29) is 24.3 Å². The molecule has 21 heavy (non-hydrogen) atoms. The number of hydrogen-bond acceptors (Lipinski definition) is 4. The minimum atomic E-state index is -0.325. The molecule has 1 heterocycles. The van der Waals surface area contributed by atoms with E-state index in [0.29, 0.717) is 6.42 Å². The van der Waals surface area contributed by atoms with Crippen LogP contribution in [0.1, 0.15) is 21.9 Å². The summed E-state index contributed by atoms with van der Waals surface area (Å²) < 4.78 is 5.47. The van der Waals surface area contributed by atoms with Crippen LogP contribution in [0.15, 0.2) is 46.9 Å². The van der Waals surface area contributed by atoms with Crippen LogP contribution in [-0.4, -0.2) is 29.9 Å². The van der Waals surface area contributed by atoms with E-state index in [1.165, 1.54) is 0 Å². The lowest BCUT2D eigenvalue weighted by atomic mass is 10.1. The van der Waals surface area contributed by atoms with Crippen molar-refractivity contribution in [1.29, 1.82) is 0 Å². The average Bonchev–Trinajstić information content (AvgIpc) is 2.97. The van der Waals surface area contributed by atoms with Gasteiger partial charge in [-0.25, -0.2) is 0 Å². The Labute approximate surface area is 128 Å². The molecule has 1 aromatic heterocycles. The highest BCUT2D eigenvalue weighted by Gasteiger charge is 2.16. The van der Waals surface area contributed by atoms with Crippen molar-refractivity contribution in [1.82, 2.24) is 5.32 Å². The number of rotatable bonds is 7. The lowest BCUT2D eigenvalue weighted by Gasteiger charge is -2.15. The van der Waals surface area contributed by atoms with Crippen molar-refractivity contribution in [3.63, 3.8) is 0 Å². The molecule has 2 aromatic rings. The van der Waals surface area contributed by atoms with Gasteiger partial charge in [0.15, 0.2) is 5.76 Å². The van der Waals surface area contributed by atoms with Crippen molar-refractivity contribution in [2.24, 2.45) is 0 Å². The molecule has 0 unspecified atom stereocenters. The summed E-state index contributed by atoms with van der Waals surface area (Å²) in [6, 6.07) is 12.9. The van der Waals surface area contributed by atoms with Gasteiger partial charge in [-0.05, 0) is 30.4 Å². The molecule has 4 nitrogen and oxygen atoms in total. The van der Waals surface area contributed by atoms with E-state index in [2.05, 4.69) is 5.32 Å². The fourth-order valence-electron chi connectivity index (χ4n) is 2.04. The van der Waals surface area contributed by atoms with E-state index in [1.54, 1.807) is 23.9 Å². The van der Waals surface area contributed by atoms with Crippen LogP contribution in [0.5, 0.6) is 0 Å². The van der Waals surface area contributed by atoms with Crippen LogP contribution in [-0.2, 0) is 12.2 Å². The maximum atomic E-state index is 12.1. The Hall–Kier alpha value is -1.72. The van der Waals surface area contributed by atoms with Crippen LogP contribution >= 0.6 is 11.8 Å². The zero-order valence-corrected chi connectivity index (χ0v) is 12.7. The first kappa shape index (κ1) is 15.7. The molecule has 0 radical (unpaired) electrons. The second-order valence-electron chi connectivity index (χ2n) is 4.74. The van der Waals surface area contributed by atoms with Crippen LogP contribution in [0.25, 0.3) is 0 Å². The van der Waals surface area contributed by atoms with Crippen LogP contribution in [0.3, 0.4) is 0 Å². The first-order valence-corrected chi connectivity index (χ1v) is 8.15. The standard InChI is InChI=1S/C16H19NO3S/c1-21-11-14-7-8-15(20-14)16(19)17-13(10-18)9-12-5-3-2-4-6-12/h2-8,13,18H,9-11H2,1H3,(H,17,19)/t13-/m1/s1. The molecule has 0 fully saturated rings. The summed E-state index contributed by atoms with van der Waals surface area (Å²) in [7, 11) is 0. The Balaban J connectivity index is 1.95. The van der Waals surface area contributed by atoms with Gasteiger partial charge in [0.05, 0.1) is 18.4 Å². The molecular formula is C16H19NO3S. The SMILES string of the molecule is CSCc1ccc(C(=O)N[C@@H](CO)Cc2ccccc2)o1. The number of amides is 1. The summed E-state index contributed by atoms with van der Waals surface area (Å²) >= 11 is 1.63. The Morgan fingerprint density at radius 3 is 2.71 bits per heavy atom. The molecule has 0 aliphatic carbocycles. The molecule has 1 amide bonds. The molecule has 0 saturated heterocycles. The molecule has 2 N–H and O–H groups in total. The van der Waals surface area contributed by atoms with Crippen LogP contribution < -0.4 is 5.32 Å². The number of thioether (sulfide) groups is 1. The molecule has 0 aliphatic heterocycles. The summed E-state index contributed by atoms with van der Waals surface area (Å²) in [5, 5.41) is 12.2. The number of furan rings is 1. The second-order valence-corrected chi connectivity index (χ2v) is 5.61. The predicted molar refractivity (Wildman–Crippen MR) is 84.4 cm³/mol. The normalized spacial score (nSPS) is 12.1. The van der Waals surface area contributed by atoms with Gasteiger partial charge < -0.3 is 14.8 Å². The zero-order valence-electron chi connectivity index (χ0n) is 11.9. The third-order valence-corrected chi connectivity index (χ3v) is 3.63. The average molecular weight is 305 g/mol. The van der Waals surface area contributed by atoms with Crippen molar-refractivity contribution >= 4 is 17.7 Å². The molecule has 1 aromatic carbocycles. The van der Waals surface area contributed by atoms with E-state index in [0.717, 1.165) is 17.1 Å². The number of carbonyl (C=O) groups is 1. The van der Waals surface area contributed by atoms with Crippen LogP contribution in [0.2, 0.25) is 0 Å². The minimum absolute atomic E-state index is 0.112. The van der Waals surface area contributed by atoms with Gasteiger partial charge in [-0.15, -0.1) is 0 Å². The topological polar surface area (TPSA) is 62.5 Å². The second kappa shape index (κ2) is 7.90. The molecule has 2 rings (SSSR count).